The summed E-state index contributed by atoms with van der Waals surface area (Å²) in [6.07, 6.45) is 3.46. The molecule has 0 aromatic heterocycles. The lowest BCUT2D eigenvalue weighted by atomic mass is 9.77. The number of halogens is 2. The summed E-state index contributed by atoms with van der Waals surface area (Å²) in [5, 5.41) is 0. The first kappa shape index (κ1) is 23.0. The molecule has 2 heterocycles. The molecule has 2 fully saturated rings. The quantitative estimate of drug-likeness (QED) is 0.527. The van der Waals surface area contributed by atoms with Crippen LogP contribution >= 0.6 is 0 Å². The second kappa shape index (κ2) is 10.2. The number of carbonyl (C=O) groups excluding carboxylic acids is 1. The van der Waals surface area contributed by atoms with Crippen LogP contribution in [-0.2, 0) is 9.47 Å². The summed E-state index contributed by atoms with van der Waals surface area (Å²) in [6.45, 7) is 5.43. The molecule has 0 amide bonds. The lowest BCUT2D eigenvalue weighted by molar-refractivity contribution is -0.298. The number of carbonyl (C=O) groups is 1. The second-order valence-corrected chi connectivity index (χ2v) is 8.88. The Morgan fingerprint density at radius 1 is 1.09 bits per heavy atom. The molecule has 4 rings (SSSR count). The zero-order valence-electron chi connectivity index (χ0n) is 18.6. The van der Waals surface area contributed by atoms with Gasteiger partial charge in [-0.25, -0.2) is 8.78 Å². The summed E-state index contributed by atoms with van der Waals surface area (Å²) in [4.78, 5) is 14.7. The molecular weight excluding hydrogens is 412 g/mol. The van der Waals surface area contributed by atoms with Crippen LogP contribution in [0.25, 0.3) is 0 Å². The van der Waals surface area contributed by atoms with E-state index in [2.05, 4.69) is 11.8 Å². The lowest BCUT2D eigenvalue weighted by Gasteiger charge is -2.50. The molecule has 2 aliphatic rings. The molecule has 2 aromatic carbocycles. The Bertz CT molecular complexity index is 910. The van der Waals surface area contributed by atoms with Crippen LogP contribution in [0.1, 0.15) is 61.2 Å². The van der Waals surface area contributed by atoms with Crippen LogP contribution in [0.15, 0.2) is 48.5 Å². The highest BCUT2D eigenvalue weighted by molar-refractivity contribution is 5.95. The number of rotatable bonds is 7. The molecular formula is C26H31F2NO3. The fourth-order valence-electron chi connectivity index (χ4n) is 4.93. The highest BCUT2D eigenvalue weighted by atomic mass is 19.1. The van der Waals surface area contributed by atoms with Crippen molar-refractivity contribution < 1.29 is 23.0 Å². The number of ketones is 1. The van der Waals surface area contributed by atoms with E-state index in [1.165, 1.54) is 24.3 Å². The van der Waals surface area contributed by atoms with Crippen LogP contribution in [0, 0.1) is 17.6 Å². The fourth-order valence-corrected chi connectivity index (χ4v) is 4.93. The van der Waals surface area contributed by atoms with E-state index in [1.807, 2.05) is 6.07 Å². The number of nitrogens with zero attached hydrogens (tertiary/aromatic N) is 1. The smallest absolute Gasteiger partial charge is 0.184 e. The molecule has 0 saturated carbocycles. The summed E-state index contributed by atoms with van der Waals surface area (Å²) in [6, 6.07) is 12.2. The highest BCUT2D eigenvalue weighted by Gasteiger charge is 2.47. The molecule has 2 saturated heterocycles. The average Bonchev–Trinajstić information content (AvgIpc) is 2.81. The summed E-state index contributed by atoms with van der Waals surface area (Å²) in [5.41, 5.74) is 1.03. The van der Waals surface area contributed by atoms with Gasteiger partial charge >= 0.3 is 0 Å². The molecule has 32 heavy (non-hydrogen) atoms. The Balaban J connectivity index is 1.30. The molecule has 2 unspecified atom stereocenters. The molecule has 172 valence electrons. The van der Waals surface area contributed by atoms with Crippen molar-refractivity contribution in [3.05, 3.63) is 71.3 Å². The van der Waals surface area contributed by atoms with Crippen LogP contribution in [0.5, 0.6) is 0 Å². The van der Waals surface area contributed by atoms with E-state index in [4.69, 9.17) is 9.47 Å². The van der Waals surface area contributed by atoms with Gasteiger partial charge in [-0.1, -0.05) is 19.1 Å². The number of likely N-dealkylation sites (tertiary alicyclic amines) is 1. The largest absolute Gasteiger partial charge is 0.348 e. The topological polar surface area (TPSA) is 38.8 Å². The number of piperidine rings is 1. The van der Waals surface area contributed by atoms with Gasteiger partial charge in [-0.15, -0.1) is 0 Å². The lowest BCUT2D eigenvalue weighted by Crippen LogP contribution is -2.55. The third-order valence-electron chi connectivity index (χ3n) is 6.89. The van der Waals surface area contributed by atoms with Crippen molar-refractivity contribution in [2.45, 2.75) is 50.9 Å². The van der Waals surface area contributed by atoms with Gasteiger partial charge in [0, 0.05) is 36.6 Å². The van der Waals surface area contributed by atoms with E-state index in [0.29, 0.717) is 24.5 Å². The molecule has 2 atom stereocenters. The van der Waals surface area contributed by atoms with Crippen molar-refractivity contribution in [3.8, 4) is 0 Å². The van der Waals surface area contributed by atoms with Crippen LogP contribution in [0.2, 0.25) is 0 Å². The van der Waals surface area contributed by atoms with Crippen molar-refractivity contribution in [3.63, 3.8) is 0 Å². The van der Waals surface area contributed by atoms with Gasteiger partial charge < -0.3 is 14.4 Å². The Labute approximate surface area is 188 Å². The van der Waals surface area contributed by atoms with Crippen molar-refractivity contribution in [1.29, 1.82) is 0 Å². The minimum atomic E-state index is -0.534. The maximum absolute atomic E-state index is 13.7. The van der Waals surface area contributed by atoms with Gasteiger partial charge in [0.2, 0.25) is 0 Å². The molecule has 6 heteroatoms. The fraction of sp³-hybridized carbons (Fsp3) is 0.500. The van der Waals surface area contributed by atoms with Crippen LogP contribution < -0.4 is 0 Å². The molecule has 4 nitrogen and oxygen atoms in total. The molecule has 1 spiro atoms. The zero-order valence-corrected chi connectivity index (χ0v) is 18.6. The number of hydrogen-bond donors (Lipinski definition) is 0. The second-order valence-electron chi connectivity index (χ2n) is 8.88. The standard InChI is InChI=1S/C26H31F2NO3/c1-2-21-18-31-25(20-5-3-6-23(28)17-20)32-26(21)12-15-29(16-13-26)14-4-7-24(30)19-8-10-22(27)11-9-19/h3,5-6,8-11,17,21,25H,2,4,7,12-16,18H2,1H3. The first-order valence-corrected chi connectivity index (χ1v) is 11.5. The van der Waals surface area contributed by atoms with Gasteiger partial charge in [0.05, 0.1) is 12.2 Å². The predicted molar refractivity (Wildman–Crippen MR) is 118 cm³/mol. The van der Waals surface area contributed by atoms with Gasteiger partial charge in [0.1, 0.15) is 11.6 Å². The first-order valence-electron chi connectivity index (χ1n) is 11.5. The summed E-state index contributed by atoms with van der Waals surface area (Å²) in [5.74, 6) is -0.250. The Morgan fingerprint density at radius 3 is 2.53 bits per heavy atom. The van der Waals surface area contributed by atoms with Crippen LogP contribution in [0.4, 0.5) is 8.78 Å². The number of ether oxygens (including phenoxy) is 2. The number of Topliss-reactive ketones (excluding diaryl/α,β-unsaturated/α-hetero) is 1. The van der Waals surface area contributed by atoms with Gasteiger partial charge in [0.15, 0.2) is 12.1 Å². The highest BCUT2D eigenvalue weighted by Crippen LogP contribution is 2.44. The normalized spacial score (nSPS) is 23.3. The molecule has 0 bridgehead atoms. The van der Waals surface area contributed by atoms with Gasteiger partial charge in [0.25, 0.3) is 0 Å². The van der Waals surface area contributed by atoms with Crippen LogP contribution in [0.3, 0.4) is 0 Å². The zero-order chi connectivity index (χ0) is 22.6. The maximum atomic E-state index is 13.7. The Kier molecular flexibility index (Phi) is 7.33. The van der Waals surface area contributed by atoms with E-state index < -0.39 is 6.29 Å². The Morgan fingerprint density at radius 2 is 1.84 bits per heavy atom. The maximum Gasteiger partial charge on any atom is 0.184 e. The van der Waals surface area contributed by atoms with E-state index in [0.717, 1.165) is 50.9 Å². The molecule has 2 aromatic rings. The summed E-state index contributed by atoms with van der Waals surface area (Å²) < 4.78 is 39.2. The third kappa shape index (κ3) is 5.25. The summed E-state index contributed by atoms with van der Waals surface area (Å²) >= 11 is 0. The number of benzene rings is 2. The van der Waals surface area contributed by atoms with Crippen molar-refractivity contribution >= 4 is 5.78 Å². The molecule has 0 N–H and O–H groups in total. The molecule has 0 radical (unpaired) electrons. The van der Waals surface area contributed by atoms with Crippen molar-refractivity contribution in [2.75, 3.05) is 26.2 Å². The third-order valence-corrected chi connectivity index (χ3v) is 6.89. The van der Waals surface area contributed by atoms with E-state index in [-0.39, 0.29) is 23.0 Å². The van der Waals surface area contributed by atoms with Gasteiger partial charge in [-0.2, -0.15) is 0 Å². The minimum absolute atomic E-state index is 0.0511. The van der Waals surface area contributed by atoms with E-state index >= 15 is 0 Å². The summed E-state index contributed by atoms with van der Waals surface area (Å²) in [7, 11) is 0. The van der Waals surface area contributed by atoms with E-state index in [1.54, 1.807) is 18.2 Å². The number of hydrogen-bond acceptors (Lipinski definition) is 4. The minimum Gasteiger partial charge on any atom is -0.348 e. The predicted octanol–water partition coefficient (Wildman–Crippen LogP) is 5.53. The molecule has 2 aliphatic heterocycles. The van der Waals surface area contributed by atoms with Crippen LogP contribution in [-0.4, -0.2) is 42.5 Å². The SMILES string of the molecule is CCC1COC(c2cccc(F)c2)OC12CCN(CCCC(=O)c1ccc(F)cc1)CC2. The van der Waals surface area contributed by atoms with Crippen molar-refractivity contribution in [2.24, 2.45) is 5.92 Å². The van der Waals surface area contributed by atoms with Gasteiger partial charge in [-0.05, 0) is 68.6 Å². The first-order chi connectivity index (χ1) is 15.5. The van der Waals surface area contributed by atoms with Crippen molar-refractivity contribution in [1.82, 2.24) is 4.90 Å². The monoisotopic (exact) mass is 443 g/mol. The average molecular weight is 444 g/mol. The van der Waals surface area contributed by atoms with E-state index in [9.17, 15) is 13.6 Å². The molecule has 0 aliphatic carbocycles. The Hall–Kier alpha value is -2.15. The van der Waals surface area contributed by atoms with Gasteiger partial charge in [-0.3, -0.25) is 4.79 Å².